The summed E-state index contributed by atoms with van der Waals surface area (Å²) in [6, 6.07) is 11.0. The Morgan fingerprint density at radius 3 is 1.14 bits per heavy atom. The highest BCUT2D eigenvalue weighted by Crippen LogP contribution is 2.11. The minimum Gasteiger partial charge on any atom is -0.244 e. The van der Waals surface area contributed by atoms with Crippen LogP contribution in [0.4, 0.5) is 8.78 Å². The van der Waals surface area contributed by atoms with Gasteiger partial charge in [-0.05, 0) is 75.9 Å². The van der Waals surface area contributed by atoms with Crippen LogP contribution in [0, 0.1) is 53.4 Å². The van der Waals surface area contributed by atoms with Gasteiger partial charge in [0.1, 0.15) is 10.3 Å². The zero-order chi connectivity index (χ0) is 33.7. The first kappa shape index (κ1) is 46.0. The lowest BCUT2D eigenvalue weighted by molar-refractivity contribution is 0.573. The van der Waals surface area contributed by atoms with Gasteiger partial charge in [-0.3, -0.25) is 0 Å². The van der Waals surface area contributed by atoms with Crippen molar-refractivity contribution in [2.75, 3.05) is 0 Å². The molecular formula is C34H52Cl2F2N4. The van der Waals surface area contributed by atoms with E-state index >= 15 is 0 Å². The fourth-order valence-corrected chi connectivity index (χ4v) is 2.55. The lowest BCUT2D eigenvalue weighted by atomic mass is 10.2. The van der Waals surface area contributed by atoms with E-state index in [-0.39, 0.29) is 11.9 Å². The molecule has 236 valence electrons. The maximum atomic E-state index is 12.4. The number of hydrogen-bond donors (Lipinski definition) is 0. The third-order valence-electron chi connectivity index (χ3n) is 4.19. The lowest BCUT2D eigenvalue weighted by Gasteiger charge is -1.95. The Hall–Kier alpha value is -2.96. The molecule has 4 aromatic rings. The fourth-order valence-electron chi connectivity index (χ4n) is 2.33. The maximum Gasteiger partial charge on any atom is 0.215 e. The molecule has 0 aliphatic carbocycles. The molecule has 8 heteroatoms. The van der Waals surface area contributed by atoms with Gasteiger partial charge in [-0.25, -0.2) is 19.9 Å². The van der Waals surface area contributed by atoms with Crippen molar-refractivity contribution in [3.05, 3.63) is 117 Å². The Kier molecular flexibility index (Phi) is 33.9. The van der Waals surface area contributed by atoms with Crippen molar-refractivity contribution in [1.29, 1.82) is 0 Å². The van der Waals surface area contributed by atoms with Gasteiger partial charge in [0.2, 0.25) is 11.9 Å². The molecule has 4 nitrogen and oxygen atoms in total. The van der Waals surface area contributed by atoms with Crippen LogP contribution in [-0.2, 0) is 0 Å². The van der Waals surface area contributed by atoms with Gasteiger partial charge in [-0.15, -0.1) is 0 Å². The predicted octanol–water partition coefficient (Wildman–Crippen LogP) is 11.9. The molecule has 4 heterocycles. The van der Waals surface area contributed by atoms with Crippen molar-refractivity contribution in [3.63, 3.8) is 0 Å². The molecule has 0 unspecified atom stereocenters. The highest BCUT2D eigenvalue weighted by Gasteiger charge is 1.95. The van der Waals surface area contributed by atoms with E-state index in [0.717, 1.165) is 22.3 Å². The topological polar surface area (TPSA) is 51.6 Å². The molecule has 0 atom stereocenters. The largest absolute Gasteiger partial charge is 0.244 e. The molecule has 0 saturated heterocycles. The van der Waals surface area contributed by atoms with Crippen LogP contribution in [0.2, 0.25) is 10.3 Å². The molecule has 4 aromatic heterocycles. The predicted molar refractivity (Wildman–Crippen MR) is 181 cm³/mol. The van der Waals surface area contributed by atoms with E-state index in [4.69, 9.17) is 23.2 Å². The Labute approximate surface area is 265 Å². The van der Waals surface area contributed by atoms with E-state index in [2.05, 4.69) is 19.9 Å². The number of rotatable bonds is 0. The molecular weight excluding hydrogens is 573 g/mol. The zero-order valence-corrected chi connectivity index (χ0v) is 29.6. The molecule has 0 spiro atoms. The summed E-state index contributed by atoms with van der Waals surface area (Å²) in [5.74, 6) is -0.756. The molecule has 0 aliphatic rings. The summed E-state index contributed by atoms with van der Waals surface area (Å²) in [5, 5.41) is 1.19. The second kappa shape index (κ2) is 31.0. The molecule has 0 radical (unpaired) electrons. The number of halogens is 4. The van der Waals surface area contributed by atoms with Crippen LogP contribution >= 0.6 is 23.2 Å². The molecule has 0 amide bonds. The quantitative estimate of drug-likeness (QED) is 0.182. The molecule has 0 fully saturated rings. The van der Waals surface area contributed by atoms with Crippen LogP contribution in [0.25, 0.3) is 0 Å². The number of aryl methyl sites for hydroxylation is 6. The van der Waals surface area contributed by atoms with Crippen LogP contribution in [0.15, 0.2) is 61.2 Å². The van der Waals surface area contributed by atoms with Gasteiger partial charge in [0.05, 0.1) is 0 Å². The summed E-state index contributed by atoms with van der Waals surface area (Å²) in [6.45, 7) is 27.1. The van der Waals surface area contributed by atoms with Crippen molar-refractivity contribution < 1.29 is 8.78 Å². The second-order valence-electron chi connectivity index (χ2n) is 7.46. The molecule has 0 aromatic carbocycles. The van der Waals surface area contributed by atoms with E-state index in [0.29, 0.717) is 21.4 Å². The van der Waals surface area contributed by atoms with E-state index in [1.54, 1.807) is 44.4 Å². The van der Waals surface area contributed by atoms with Crippen molar-refractivity contribution in [3.8, 4) is 0 Å². The Balaban J connectivity index is -0.000000212. The van der Waals surface area contributed by atoms with Gasteiger partial charge in [-0.2, -0.15) is 8.78 Å². The Morgan fingerprint density at radius 2 is 0.857 bits per heavy atom. The van der Waals surface area contributed by atoms with E-state index < -0.39 is 0 Å². The fraction of sp³-hybridized carbons (Fsp3) is 0.412. The summed E-state index contributed by atoms with van der Waals surface area (Å²) in [7, 11) is 0. The van der Waals surface area contributed by atoms with Crippen molar-refractivity contribution in [1.82, 2.24) is 19.9 Å². The first-order chi connectivity index (χ1) is 20.0. The number of pyridine rings is 4. The van der Waals surface area contributed by atoms with Crippen LogP contribution < -0.4 is 0 Å². The van der Waals surface area contributed by atoms with Crippen LogP contribution in [-0.4, -0.2) is 19.9 Å². The standard InChI is InChI=1S/C7H8ClN.C7H8FN.C6H6ClN.C6H6FN.4C2H6/c2*1-5-3-6(2)7(8)9-4-5;2*1-5-3-2-4-8-6(5)7;4*1-2/h2*3-4H,1-2H3;2*2-4H,1H3;4*1-2H3. The molecule has 0 bridgehead atoms. The van der Waals surface area contributed by atoms with Crippen molar-refractivity contribution >= 4 is 23.2 Å². The van der Waals surface area contributed by atoms with Gasteiger partial charge in [-0.1, -0.05) is 103 Å². The molecule has 0 saturated carbocycles. The first-order valence-electron chi connectivity index (χ1n) is 14.3. The summed E-state index contributed by atoms with van der Waals surface area (Å²) in [6.07, 6.45) is 6.38. The summed E-state index contributed by atoms with van der Waals surface area (Å²) in [4.78, 5) is 14.7. The van der Waals surface area contributed by atoms with E-state index in [1.165, 1.54) is 12.4 Å². The average molecular weight is 626 g/mol. The number of nitrogens with zero attached hydrogens (tertiary/aromatic N) is 4. The van der Waals surface area contributed by atoms with Crippen LogP contribution in [0.3, 0.4) is 0 Å². The Bertz CT molecular complexity index is 1050. The SMILES string of the molecule is CC.CC.CC.CC.Cc1cccnc1Cl.Cc1cccnc1F.Cc1cnc(Cl)c(C)c1.Cc1cnc(F)c(C)c1. The Morgan fingerprint density at radius 1 is 0.476 bits per heavy atom. The zero-order valence-electron chi connectivity index (χ0n) is 28.1. The highest BCUT2D eigenvalue weighted by atomic mass is 35.5. The molecule has 4 rings (SSSR count). The lowest BCUT2D eigenvalue weighted by Crippen LogP contribution is -1.87. The number of aromatic nitrogens is 4. The third kappa shape index (κ3) is 23.7. The monoisotopic (exact) mass is 624 g/mol. The van der Waals surface area contributed by atoms with Gasteiger partial charge in [0, 0.05) is 35.9 Å². The van der Waals surface area contributed by atoms with Gasteiger partial charge in [0.25, 0.3) is 0 Å². The average Bonchev–Trinajstić information content (AvgIpc) is 3.01. The highest BCUT2D eigenvalue weighted by molar-refractivity contribution is 6.30. The van der Waals surface area contributed by atoms with Crippen LogP contribution in [0.1, 0.15) is 88.8 Å². The summed E-state index contributed by atoms with van der Waals surface area (Å²) in [5.41, 5.74) is 5.40. The second-order valence-corrected chi connectivity index (χ2v) is 8.18. The van der Waals surface area contributed by atoms with Crippen LogP contribution in [0.5, 0.6) is 0 Å². The first-order valence-corrected chi connectivity index (χ1v) is 15.1. The van der Waals surface area contributed by atoms with E-state index in [1.807, 2.05) is 101 Å². The van der Waals surface area contributed by atoms with E-state index in [9.17, 15) is 8.78 Å². The normalized spacial score (nSPS) is 8.24. The van der Waals surface area contributed by atoms with Gasteiger partial charge in [0.15, 0.2) is 0 Å². The van der Waals surface area contributed by atoms with Gasteiger partial charge < -0.3 is 0 Å². The molecule has 0 N–H and O–H groups in total. The van der Waals surface area contributed by atoms with Gasteiger partial charge >= 0.3 is 0 Å². The third-order valence-corrected chi connectivity index (χ3v) is 4.98. The molecule has 0 aliphatic heterocycles. The minimum atomic E-state index is -0.382. The minimum absolute atomic E-state index is 0.374. The van der Waals surface area contributed by atoms with Crippen molar-refractivity contribution in [2.24, 2.45) is 0 Å². The summed E-state index contributed by atoms with van der Waals surface area (Å²) < 4.78 is 24.6. The summed E-state index contributed by atoms with van der Waals surface area (Å²) >= 11 is 11.3. The smallest absolute Gasteiger partial charge is 0.215 e. The van der Waals surface area contributed by atoms with Crippen molar-refractivity contribution in [2.45, 2.75) is 96.9 Å². The molecule has 42 heavy (non-hydrogen) atoms. The number of hydrogen-bond acceptors (Lipinski definition) is 4. The maximum absolute atomic E-state index is 12.4.